The lowest BCUT2D eigenvalue weighted by molar-refractivity contribution is -0.359. The van der Waals surface area contributed by atoms with Gasteiger partial charge in [-0.15, -0.1) is 0 Å². The van der Waals surface area contributed by atoms with Gasteiger partial charge in [0.15, 0.2) is 0 Å². The Morgan fingerprint density at radius 3 is 0.783 bits per heavy atom. The second-order valence-corrected chi connectivity index (χ2v) is 32.0. The molecule has 0 saturated carbocycles. The zero-order valence-corrected chi connectivity index (χ0v) is 66.4. The Hall–Kier alpha value is -12.2. The molecule has 0 amide bonds. The van der Waals surface area contributed by atoms with Crippen LogP contribution in [0.2, 0.25) is 0 Å². The number of ether oxygens (including phenoxy) is 4. The van der Waals surface area contributed by atoms with Gasteiger partial charge in [0, 0.05) is 109 Å². The van der Waals surface area contributed by atoms with Gasteiger partial charge in [0.1, 0.15) is 0 Å². The van der Waals surface area contributed by atoms with E-state index in [0.29, 0.717) is 114 Å². The van der Waals surface area contributed by atoms with Crippen molar-refractivity contribution in [1.29, 1.82) is 0 Å². The average molecular weight is 1660 g/mol. The SMILES string of the molecule is COC(C)(C)Cc1c2nc(c(C#Cc3c4nc(c(C(F)(F)C(F)(F)C(F)(F)F)c5ccc([nH]5)c(C#Cc5c6nc(c(CC(C)(C)OC)c7ccc(cc8nc(c(CC(C)(C)OC)c9ccc5[nH]9)C=C8)[nH]7)C=C6)c5nc(c(C(F)(F)C(F)(F)C(F)(F)F)c6ccc3[nH]6)C=C5)C=C4)c3ccc([nH]3)c(CC(C)(C)OC)c3nc(cc4ccc1[nH]4)C=C3)C=C2. The van der Waals surface area contributed by atoms with Crippen molar-refractivity contribution < 1.29 is 80.4 Å². The first kappa shape index (κ1) is 82.9. The van der Waals surface area contributed by atoms with E-state index in [2.05, 4.69) is 63.6 Å². The molecule has 9 aromatic heterocycles. The molecule has 9 aromatic rings. The molecule has 24 bridgehead atoms. The molecule has 0 fully saturated rings. The molecule has 0 radical (unpaired) electrons. The van der Waals surface area contributed by atoms with Crippen LogP contribution >= 0.6 is 0 Å². The largest absolute Gasteiger partial charge is 0.460 e. The van der Waals surface area contributed by atoms with E-state index in [1.165, 1.54) is 28.4 Å². The quantitative estimate of drug-likeness (QED) is 0.0398. The van der Waals surface area contributed by atoms with Crippen molar-refractivity contribution >= 4 is 139 Å². The van der Waals surface area contributed by atoms with Gasteiger partial charge in [0.25, 0.3) is 0 Å². The van der Waals surface area contributed by atoms with Crippen LogP contribution in [-0.4, -0.2) is 135 Å². The fraction of sp³-hybridized carbons (Fsp3) is 0.289. The third kappa shape index (κ3) is 15.5. The summed E-state index contributed by atoms with van der Waals surface area (Å²) in [6.45, 7) is 14.8. The van der Waals surface area contributed by atoms with Crippen LogP contribution in [0, 0.1) is 23.7 Å². The molecule has 618 valence electrons. The molecular weight excluding hydrogens is 1580 g/mol. The third-order valence-corrected chi connectivity index (χ3v) is 21.7. The van der Waals surface area contributed by atoms with E-state index >= 15 is 35.1 Å². The number of aromatic amines is 6. The maximum absolute atomic E-state index is 17.5. The van der Waals surface area contributed by atoms with Gasteiger partial charge in [-0.25, -0.2) is 29.9 Å². The first-order chi connectivity index (χ1) is 56.4. The molecule has 0 spiro atoms. The van der Waals surface area contributed by atoms with Crippen molar-refractivity contribution in [3.8, 4) is 23.7 Å². The smallest absolute Gasteiger partial charge is 0.378 e. The van der Waals surface area contributed by atoms with Gasteiger partial charge >= 0.3 is 36.0 Å². The van der Waals surface area contributed by atoms with Crippen LogP contribution < -0.4 is 0 Å². The highest BCUT2D eigenvalue weighted by Gasteiger charge is 2.75. The number of alkyl halides is 14. The van der Waals surface area contributed by atoms with Crippen LogP contribution in [0.5, 0.6) is 0 Å². The number of H-pyrrole nitrogens is 6. The third-order valence-electron chi connectivity index (χ3n) is 21.7. The van der Waals surface area contributed by atoms with Crippen molar-refractivity contribution in [2.45, 2.75) is 140 Å². The highest BCUT2D eigenvalue weighted by molar-refractivity contribution is 5.91. The van der Waals surface area contributed by atoms with Gasteiger partial charge in [0.05, 0.1) is 157 Å². The van der Waals surface area contributed by atoms with Crippen LogP contribution in [-0.2, 0) is 56.5 Å². The Balaban J connectivity index is 1.05. The van der Waals surface area contributed by atoms with E-state index in [-0.39, 0.29) is 59.2 Å². The molecule has 0 saturated heterocycles. The van der Waals surface area contributed by atoms with Crippen LogP contribution in [0.25, 0.3) is 139 Å². The molecular formula is C90H76F14N12O4. The van der Waals surface area contributed by atoms with Crippen molar-refractivity contribution in [2.75, 3.05) is 28.4 Å². The number of nitrogens with one attached hydrogen (secondary N) is 6. The molecule has 6 aliphatic heterocycles. The molecule has 15 heterocycles. The van der Waals surface area contributed by atoms with Gasteiger partial charge in [-0.05, 0) is 213 Å². The second kappa shape index (κ2) is 29.9. The number of aromatic nitrogens is 12. The van der Waals surface area contributed by atoms with Gasteiger partial charge in [-0.2, -0.15) is 61.5 Å². The summed E-state index contributed by atoms with van der Waals surface area (Å²) in [7, 11) is 6.13. The van der Waals surface area contributed by atoms with Crippen molar-refractivity contribution in [3.63, 3.8) is 0 Å². The maximum atomic E-state index is 17.5. The molecule has 120 heavy (non-hydrogen) atoms. The van der Waals surface area contributed by atoms with Crippen LogP contribution in [0.15, 0.2) is 84.9 Å². The summed E-state index contributed by atoms with van der Waals surface area (Å²) in [4.78, 5) is 47.5. The van der Waals surface area contributed by atoms with E-state index in [1.54, 1.807) is 48.6 Å². The van der Waals surface area contributed by atoms with Gasteiger partial charge in [0.2, 0.25) is 0 Å². The van der Waals surface area contributed by atoms with E-state index in [1.807, 2.05) is 116 Å². The Kier molecular flexibility index (Phi) is 20.7. The van der Waals surface area contributed by atoms with E-state index in [0.717, 1.165) is 24.3 Å². The summed E-state index contributed by atoms with van der Waals surface area (Å²) in [5.74, 6) is -14.5. The van der Waals surface area contributed by atoms with E-state index in [9.17, 15) is 26.3 Å². The Morgan fingerprint density at radius 2 is 0.492 bits per heavy atom. The van der Waals surface area contributed by atoms with Crippen LogP contribution in [0.1, 0.15) is 179 Å². The fourth-order valence-corrected chi connectivity index (χ4v) is 14.6. The predicted molar refractivity (Wildman–Crippen MR) is 437 cm³/mol. The molecule has 6 N–H and O–H groups in total. The number of hydrogen-bond acceptors (Lipinski definition) is 10. The molecule has 0 aromatic carbocycles. The first-order valence-electron chi connectivity index (χ1n) is 37.7. The summed E-state index contributed by atoms with van der Waals surface area (Å²) in [5.41, 5.74) is -6.23. The lowest BCUT2D eigenvalue weighted by atomic mass is 9.97. The highest BCUT2D eigenvalue weighted by atomic mass is 19.4. The van der Waals surface area contributed by atoms with Crippen LogP contribution in [0.4, 0.5) is 61.5 Å². The summed E-state index contributed by atoms with van der Waals surface area (Å²) >= 11 is 0. The molecule has 16 nitrogen and oxygen atoms in total. The Labute approximate surface area is 676 Å². The molecule has 30 heteroatoms. The first-order valence-corrected chi connectivity index (χ1v) is 37.7. The lowest BCUT2D eigenvalue weighted by Crippen LogP contribution is -2.50. The van der Waals surface area contributed by atoms with E-state index in [4.69, 9.17) is 38.9 Å². The topological polar surface area (TPSA) is 209 Å². The summed E-state index contributed by atoms with van der Waals surface area (Å²) < 4.78 is 248. The van der Waals surface area contributed by atoms with Crippen molar-refractivity contribution in [1.82, 2.24) is 59.8 Å². The minimum atomic E-state index is -6.96. The number of rotatable bonds is 16. The molecule has 15 rings (SSSR count). The highest BCUT2D eigenvalue weighted by Crippen LogP contribution is 2.56. The van der Waals surface area contributed by atoms with Crippen LogP contribution in [0.3, 0.4) is 0 Å². The number of halogens is 14. The molecule has 0 unspecified atom stereocenters. The minimum Gasteiger partial charge on any atom is -0.378 e. The fourth-order valence-electron chi connectivity index (χ4n) is 14.6. The number of hydrogen-bond donors (Lipinski definition) is 6. The summed E-state index contributed by atoms with van der Waals surface area (Å²) in [6.07, 6.45) is 3.94. The second-order valence-electron chi connectivity index (χ2n) is 32.0. The summed E-state index contributed by atoms with van der Waals surface area (Å²) in [6, 6.07) is 20.9. The number of methoxy groups -OCH3 is 4. The van der Waals surface area contributed by atoms with Crippen molar-refractivity contribution in [2.24, 2.45) is 0 Å². The normalized spacial score (nSPS) is 14.0. The van der Waals surface area contributed by atoms with Crippen molar-refractivity contribution in [3.05, 3.63) is 209 Å². The lowest BCUT2D eigenvalue weighted by Gasteiger charge is -2.28. The van der Waals surface area contributed by atoms with E-state index < -0.39 is 126 Å². The zero-order valence-electron chi connectivity index (χ0n) is 66.4. The summed E-state index contributed by atoms with van der Waals surface area (Å²) in [5, 5.41) is 0. The Bertz CT molecular complexity index is 6210. The average Bonchev–Trinajstić information content (AvgIpc) is 1.34. The number of nitrogens with zero attached hydrogens (tertiary/aromatic N) is 6. The molecule has 0 atom stereocenters. The standard InChI is InChI=1S/C90H76F14N12O4/c1-81(2,117-9)43-55-67-21-13-47(105-67)41-48-14-22-68(106-48)56(44-82(3,4)118-10)72-30-26-60(110-72)51(59-25-29-71(55)109-59)17-19-53-63-33-37-75(113-63)79(85(91,92)87(95,96)89(99,100)101)77-39-35-65(115-77)54(66-36-40-78(116-66)80(76-38-34-64(53)114-76)86(93,94)88(97,98)90(102,103)104)20-18-52-61-27-31-73(111-61)57(45-83(5,6)119-11)69-23-15-49(107-69)42-50-16-24-70(108-50)58(46-84(7,8)120-12)74-32-28-62(52)112-74/h13-16,21-42,105,107,110,112-113,116H,43-46H2,1-12H3. The maximum Gasteiger partial charge on any atom is 0.460 e. The number of fused-ring (bicyclic) bond motifs is 24. The predicted octanol–water partition coefficient (Wildman–Crippen LogP) is 21.8. The van der Waals surface area contributed by atoms with Gasteiger partial charge < -0.3 is 48.9 Å². The molecule has 6 aliphatic rings. The van der Waals surface area contributed by atoms with Gasteiger partial charge in [-0.3, -0.25) is 0 Å². The monoisotopic (exact) mass is 1650 g/mol. The zero-order chi connectivity index (χ0) is 86.0. The van der Waals surface area contributed by atoms with Gasteiger partial charge in [-0.1, -0.05) is 23.7 Å². The minimum absolute atomic E-state index is 0.0112. The molecule has 0 aliphatic carbocycles. The Morgan fingerprint density at radius 1 is 0.267 bits per heavy atom.